The van der Waals surface area contributed by atoms with E-state index in [1.165, 1.54) is 11.8 Å². The first kappa shape index (κ1) is 19.3. The van der Waals surface area contributed by atoms with Crippen molar-refractivity contribution in [1.29, 1.82) is 0 Å². The van der Waals surface area contributed by atoms with Crippen molar-refractivity contribution in [2.24, 2.45) is 0 Å². The van der Waals surface area contributed by atoms with Crippen LogP contribution in [0.2, 0.25) is 0 Å². The number of benzene rings is 2. The van der Waals surface area contributed by atoms with E-state index >= 15 is 0 Å². The zero-order valence-electron chi connectivity index (χ0n) is 16.3. The Labute approximate surface area is 173 Å². The number of nitrogens with zero attached hydrogens (tertiary/aromatic N) is 3. The molecule has 0 saturated heterocycles. The van der Waals surface area contributed by atoms with E-state index in [0.717, 1.165) is 35.0 Å². The predicted octanol–water partition coefficient (Wildman–Crippen LogP) is 3.32. The molecule has 1 N–H and O–H groups in total. The lowest BCUT2D eigenvalue weighted by atomic mass is 10.0. The van der Waals surface area contributed by atoms with Crippen LogP contribution in [0.5, 0.6) is 11.5 Å². The largest absolute Gasteiger partial charge is 0.497 e. The van der Waals surface area contributed by atoms with E-state index in [1.54, 1.807) is 7.11 Å². The summed E-state index contributed by atoms with van der Waals surface area (Å²) < 4.78 is 12.8. The van der Waals surface area contributed by atoms with E-state index in [9.17, 15) is 4.79 Å². The molecule has 1 unspecified atom stereocenters. The summed E-state index contributed by atoms with van der Waals surface area (Å²) in [6.45, 7) is 2.49. The Hall–Kier alpha value is -3.00. The first-order valence-corrected chi connectivity index (χ1v) is 10.3. The van der Waals surface area contributed by atoms with Crippen LogP contribution in [0.3, 0.4) is 0 Å². The molecular weight excluding hydrogens is 388 g/mol. The Morgan fingerprint density at radius 3 is 2.83 bits per heavy atom. The number of amides is 1. The number of aromatic nitrogens is 3. The summed E-state index contributed by atoms with van der Waals surface area (Å²) in [4.78, 5) is 12.6. The lowest BCUT2D eigenvalue weighted by Gasteiger charge is -2.26. The number of fused-ring (bicyclic) bond motifs is 1. The van der Waals surface area contributed by atoms with Crippen molar-refractivity contribution in [3.63, 3.8) is 0 Å². The number of aryl methyl sites for hydroxylation is 1. The Morgan fingerprint density at radius 1 is 1.24 bits per heavy atom. The molecule has 0 fully saturated rings. The Morgan fingerprint density at radius 2 is 2.03 bits per heavy atom. The van der Waals surface area contributed by atoms with E-state index < -0.39 is 0 Å². The highest BCUT2D eigenvalue weighted by atomic mass is 32.2. The molecule has 4 rings (SSSR count). The van der Waals surface area contributed by atoms with Gasteiger partial charge in [-0.05, 0) is 37.3 Å². The number of carbonyl (C=O) groups excluding carboxylic acids is 1. The van der Waals surface area contributed by atoms with Crippen molar-refractivity contribution in [1.82, 2.24) is 20.1 Å². The monoisotopic (exact) mass is 410 g/mol. The molecule has 7 nitrogen and oxygen atoms in total. The minimum absolute atomic E-state index is 0.0331. The maximum Gasteiger partial charge on any atom is 0.230 e. The molecular formula is C21H22N4O3S. The van der Waals surface area contributed by atoms with Gasteiger partial charge in [-0.3, -0.25) is 9.36 Å². The van der Waals surface area contributed by atoms with Gasteiger partial charge in [0, 0.05) is 17.7 Å². The number of rotatable bonds is 6. The average molecular weight is 410 g/mol. The SMILES string of the molecule is COc1ccc(-n2c(C)nnc2SCC(=O)NC2CCOc3ccccc32)cc1. The van der Waals surface area contributed by atoms with Crippen molar-refractivity contribution in [3.8, 4) is 17.2 Å². The molecule has 1 aromatic heterocycles. The van der Waals surface area contributed by atoms with Crippen LogP contribution in [-0.4, -0.2) is 40.1 Å². The lowest BCUT2D eigenvalue weighted by molar-refractivity contribution is -0.119. The van der Waals surface area contributed by atoms with Gasteiger partial charge in [-0.2, -0.15) is 0 Å². The van der Waals surface area contributed by atoms with Crippen LogP contribution < -0.4 is 14.8 Å². The number of nitrogens with one attached hydrogen (secondary N) is 1. The summed E-state index contributed by atoms with van der Waals surface area (Å²) in [7, 11) is 1.63. The summed E-state index contributed by atoms with van der Waals surface area (Å²) >= 11 is 1.37. The van der Waals surface area contributed by atoms with E-state index in [-0.39, 0.29) is 17.7 Å². The van der Waals surface area contributed by atoms with Gasteiger partial charge in [-0.15, -0.1) is 10.2 Å². The molecule has 3 aromatic rings. The minimum atomic E-state index is -0.0429. The summed E-state index contributed by atoms with van der Waals surface area (Å²) in [6.07, 6.45) is 0.758. The minimum Gasteiger partial charge on any atom is -0.497 e. The second-order valence-corrected chi connectivity index (χ2v) is 7.59. The van der Waals surface area contributed by atoms with E-state index in [0.29, 0.717) is 11.8 Å². The van der Waals surface area contributed by atoms with Crippen molar-refractivity contribution >= 4 is 17.7 Å². The van der Waals surface area contributed by atoms with Gasteiger partial charge in [0.1, 0.15) is 17.3 Å². The molecule has 1 aliphatic rings. The molecule has 2 aromatic carbocycles. The molecule has 2 heterocycles. The zero-order chi connectivity index (χ0) is 20.2. The quantitative estimate of drug-likeness (QED) is 0.628. The van der Waals surface area contributed by atoms with Crippen LogP contribution in [0, 0.1) is 6.92 Å². The fraction of sp³-hybridized carbons (Fsp3) is 0.286. The molecule has 8 heteroatoms. The van der Waals surface area contributed by atoms with Gasteiger partial charge in [0.15, 0.2) is 5.16 Å². The van der Waals surface area contributed by atoms with Gasteiger partial charge < -0.3 is 14.8 Å². The number of ether oxygens (including phenoxy) is 2. The molecule has 0 spiro atoms. The van der Waals surface area contributed by atoms with Crippen LogP contribution in [0.1, 0.15) is 23.9 Å². The van der Waals surface area contributed by atoms with Gasteiger partial charge in [0.05, 0.1) is 25.5 Å². The maximum atomic E-state index is 12.6. The first-order chi connectivity index (χ1) is 14.2. The molecule has 1 aliphatic heterocycles. The van der Waals surface area contributed by atoms with Crippen molar-refractivity contribution < 1.29 is 14.3 Å². The van der Waals surface area contributed by atoms with Crippen molar-refractivity contribution in [2.75, 3.05) is 19.5 Å². The van der Waals surface area contributed by atoms with Crippen molar-refractivity contribution in [2.45, 2.75) is 24.5 Å². The molecule has 0 radical (unpaired) electrons. The number of para-hydroxylation sites is 1. The van der Waals surface area contributed by atoms with Crippen LogP contribution in [0.15, 0.2) is 53.7 Å². The van der Waals surface area contributed by atoms with Crippen LogP contribution in [0.25, 0.3) is 5.69 Å². The number of hydrogen-bond donors (Lipinski definition) is 1. The molecule has 0 saturated carbocycles. The number of carbonyl (C=O) groups is 1. The van der Waals surface area contributed by atoms with Gasteiger partial charge in [-0.1, -0.05) is 30.0 Å². The molecule has 29 heavy (non-hydrogen) atoms. The molecule has 0 bridgehead atoms. The van der Waals surface area contributed by atoms with E-state index in [1.807, 2.05) is 60.0 Å². The summed E-state index contributed by atoms with van der Waals surface area (Å²) in [6, 6.07) is 15.5. The third-order valence-electron chi connectivity index (χ3n) is 4.75. The third-order valence-corrected chi connectivity index (χ3v) is 5.68. The van der Waals surface area contributed by atoms with Gasteiger partial charge in [-0.25, -0.2) is 0 Å². The second kappa shape index (κ2) is 8.57. The van der Waals surface area contributed by atoms with Gasteiger partial charge in [0.25, 0.3) is 0 Å². The fourth-order valence-electron chi connectivity index (χ4n) is 3.32. The topological polar surface area (TPSA) is 78.3 Å². The highest BCUT2D eigenvalue weighted by Crippen LogP contribution is 2.31. The molecule has 1 atom stereocenters. The van der Waals surface area contributed by atoms with Gasteiger partial charge in [0.2, 0.25) is 5.91 Å². The Bertz CT molecular complexity index is 1000. The molecule has 0 aliphatic carbocycles. The first-order valence-electron chi connectivity index (χ1n) is 9.36. The van der Waals surface area contributed by atoms with Crippen LogP contribution in [-0.2, 0) is 4.79 Å². The number of hydrogen-bond acceptors (Lipinski definition) is 6. The van der Waals surface area contributed by atoms with Crippen molar-refractivity contribution in [3.05, 3.63) is 59.9 Å². The van der Waals surface area contributed by atoms with E-state index in [4.69, 9.17) is 9.47 Å². The standard InChI is InChI=1S/C21H22N4O3S/c1-14-23-24-21(25(14)15-7-9-16(27-2)10-8-15)29-13-20(26)22-18-11-12-28-19-6-4-3-5-17(18)19/h3-10,18H,11-13H2,1-2H3,(H,22,26). The molecule has 150 valence electrons. The van der Waals surface area contributed by atoms with Gasteiger partial charge >= 0.3 is 0 Å². The number of thioether (sulfide) groups is 1. The smallest absolute Gasteiger partial charge is 0.230 e. The normalized spacial score (nSPS) is 15.3. The Balaban J connectivity index is 1.43. The fourth-order valence-corrected chi connectivity index (χ4v) is 4.13. The van der Waals surface area contributed by atoms with Crippen LogP contribution in [0.4, 0.5) is 0 Å². The van der Waals surface area contributed by atoms with Crippen LogP contribution >= 0.6 is 11.8 Å². The second-order valence-electron chi connectivity index (χ2n) is 6.65. The molecule has 1 amide bonds. The van der Waals surface area contributed by atoms with E-state index in [2.05, 4.69) is 15.5 Å². The summed E-state index contributed by atoms with van der Waals surface area (Å²) in [5.74, 6) is 2.60. The zero-order valence-corrected chi connectivity index (χ0v) is 17.1. The lowest BCUT2D eigenvalue weighted by Crippen LogP contribution is -2.33. The highest BCUT2D eigenvalue weighted by molar-refractivity contribution is 7.99. The average Bonchev–Trinajstić information content (AvgIpc) is 3.13. The predicted molar refractivity (Wildman–Crippen MR) is 111 cm³/mol. The summed E-state index contributed by atoms with van der Waals surface area (Å²) in [5, 5.41) is 12.2. The Kier molecular flexibility index (Phi) is 5.71. The summed E-state index contributed by atoms with van der Waals surface area (Å²) in [5.41, 5.74) is 1.95. The third kappa shape index (κ3) is 4.22. The number of methoxy groups -OCH3 is 1. The maximum absolute atomic E-state index is 12.6. The highest BCUT2D eigenvalue weighted by Gasteiger charge is 2.23.